The van der Waals surface area contributed by atoms with Gasteiger partial charge in [0, 0.05) is 24.2 Å². The topological polar surface area (TPSA) is 47.4 Å². The molecule has 1 aromatic heterocycles. The van der Waals surface area contributed by atoms with E-state index in [0.29, 0.717) is 24.0 Å². The highest BCUT2D eigenvalue weighted by Gasteiger charge is 2.28. The number of nitrogens with zero attached hydrogens (tertiary/aromatic N) is 3. The fourth-order valence-electron chi connectivity index (χ4n) is 3.77. The molecule has 0 N–H and O–H groups in total. The fourth-order valence-corrected chi connectivity index (χ4v) is 3.77. The second kappa shape index (κ2) is 6.82. The molecular weight excluding hydrogens is 350 g/mol. The number of hydrogen-bond acceptors (Lipinski definition) is 3. The highest BCUT2D eigenvalue weighted by atomic mass is 16.5. The highest BCUT2D eigenvalue weighted by molar-refractivity contribution is 6.08. The Labute approximate surface area is 164 Å². The van der Waals surface area contributed by atoms with Gasteiger partial charge in [0.25, 0.3) is 5.91 Å². The number of carbonyl (C=O) groups is 1. The predicted octanol–water partition coefficient (Wildman–Crippen LogP) is 4.63. The number of hydrogen-bond donors (Lipinski definition) is 0. The molecule has 0 atom stereocenters. The minimum Gasteiger partial charge on any atom is -0.452 e. The van der Waals surface area contributed by atoms with Gasteiger partial charge in [-0.2, -0.15) is 5.10 Å². The summed E-state index contributed by atoms with van der Waals surface area (Å²) in [5.74, 6) is 1.71. The summed E-state index contributed by atoms with van der Waals surface area (Å²) >= 11 is 0. The van der Waals surface area contributed by atoms with E-state index in [9.17, 15) is 4.79 Å². The molecule has 0 saturated heterocycles. The first-order chi connectivity index (χ1) is 13.7. The number of ether oxygens (including phenoxy) is 1. The summed E-state index contributed by atoms with van der Waals surface area (Å²) in [4.78, 5) is 14.6. The quantitative estimate of drug-likeness (QED) is 0.633. The van der Waals surface area contributed by atoms with E-state index in [1.807, 2.05) is 47.3 Å². The van der Waals surface area contributed by atoms with Gasteiger partial charge in [0.15, 0.2) is 5.76 Å². The third-order valence-electron chi connectivity index (χ3n) is 5.44. The van der Waals surface area contributed by atoms with Crippen LogP contribution in [-0.4, -0.2) is 22.2 Å². The van der Waals surface area contributed by atoms with E-state index >= 15 is 0 Å². The van der Waals surface area contributed by atoms with Gasteiger partial charge in [-0.05, 0) is 67.2 Å². The first-order valence-electron chi connectivity index (χ1n) is 9.98. The van der Waals surface area contributed by atoms with Crippen molar-refractivity contribution in [2.75, 3.05) is 11.4 Å². The van der Waals surface area contributed by atoms with Gasteiger partial charge in [-0.15, -0.1) is 0 Å². The fraction of sp³-hybridized carbons (Fsp3) is 0.304. The lowest BCUT2D eigenvalue weighted by Gasteiger charge is -2.17. The smallest absolute Gasteiger partial charge is 0.294 e. The molecule has 0 spiro atoms. The summed E-state index contributed by atoms with van der Waals surface area (Å²) in [6.45, 7) is 3.55. The Morgan fingerprint density at radius 1 is 1.14 bits per heavy atom. The maximum atomic E-state index is 12.9. The molecular formula is C23H23N3O2. The van der Waals surface area contributed by atoms with Gasteiger partial charge in [0.1, 0.15) is 5.75 Å². The molecule has 0 radical (unpaired) electrons. The van der Waals surface area contributed by atoms with Crippen LogP contribution >= 0.6 is 0 Å². The molecule has 1 fully saturated rings. The summed E-state index contributed by atoms with van der Waals surface area (Å²) in [7, 11) is 0. The Balaban J connectivity index is 1.31. The Hall–Kier alpha value is -3.08. The predicted molar refractivity (Wildman–Crippen MR) is 110 cm³/mol. The second-order valence-electron chi connectivity index (χ2n) is 7.54. The molecule has 5 nitrogen and oxygen atoms in total. The zero-order valence-corrected chi connectivity index (χ0v) is 16.0. The molecule has 3 aromatic rings. The van der Waals surface area contributed by atoms with Crippen molar-refractivity contribution in [2.45, 2.75) is 38.6 Å². The molecule has 5 rings (SSSR count). The minimum atomic E-state index is -0.105. The van der Waals surface area contributed by atoms with Gasteiger partial charge < -0.3 is 9.64 Å². The van der Waals surface area contributed by atoms with E-state index in [1.54, 1.807) is 4.90 Å². The number of anilines is 1. The molecule has 5 heteroatoms. The number of rotatable bonds is 6. The molecule has 1 amide bonds. The Morgan fingerprint density at radius 2 is 1.96 bits per heavy atom. The van der Waals surface area contributed by atoms with Crippen LogP contribution in [0.1, 0.15) is 37.7 Å². The number of aromatic nitrogens is 2. The van der Waals surface area contributed by atoms with Crippen LogP contribution < -0.4 is 9.64 Å². The van der Waals surface area contributed by atoms with Crippen LogP contribution in [0.4, 0.5) is 5.69 Å². The van der Waals surface area contributed by atoms with E-state index in [2.05, 4.69) is 24.2 Å². The lowest BCUT2D eigenvalue weighted by molar-refractivity contribution is -0.116. The maximum absolute atomic E-state index is 12.9. The summed E-state index contributed by atoms with van der Waals surface area (Å²) in [5, 5.41) is 5.49. The van der Waals surface area contributed by atoms with Crippen molar-refractivity contribution in [3.8, 4) is 5.75 Å². The summed E-state index contributed by atoms with van der Waals surface area (Å²) in [5.41, 5.74) is 3.32. The van der Waals surface area contributed by atoms with Crippen LogP contribution in [0.5, 0.6) is 5.75 Å². The zero-order chi connectivity index (χ0) is 19.1. The van der Waals surface area contributed by atoms with Crippen LogP contribution in [0.3, 0.4) is 0 Å². The molecule has 2 aliphatic rings. The van der Waals surface area contributed by atoms with Crippen LogP contribution in [0, 0.1) is 0 Å². The van der Waals surface area contributed by atoms with Gasteiger partial charge in [-0.1, -0.05) is 19.1 Å². The van der Waals surface area contributed by atoms with Crippen LogP contribution in [0.15, 0.2) is 60.5 Å². The van der Waals surface area contributed by atoms with Gasteiger partial charge >= 0.3 is 0 Å². The molecule has 0 unspecified atom stereocenters. The summed E-state index contributed by atoms with van der Waals surface area (Å²) < 4.78 is 7.87. The van der Waals surface area contributed by atoms with Crippen molar-refractivity contribution in [3.63, 3.8) is 0 Å². The van der Waals surface area contributed by atoms with Crippen LogP contribution in [0.2, 0.25) is 0 Å². The van der Waals surface area contributed by atoms with Crippen molar-refractivity contribution < 1.29 is 9.53 Å². The Kier molecular flexibility index (Phi) is 4.15. The molecule has 2 heterocycles. The maximum Gasteiger partial charge on any atom is 0.294 e. The van der Waals surface area contributed by atoms with Crippen molar-refractivity contribution in [1.82, 2.24) is 9.78 Å². The van der Waals surface area contributed by atoms with E-state index < -0.39 is 0 Å². The Bertz CT molecular complexity index is 1060. The normalized spacial score (nSPS) is 16.7. The number of aryl methyl sites for hydroxylation is 1. The third-order valence-corrected chi connectivity index (χ3v) is 5.44. The van der Waals surface area contributed by atoms with Crippen molar-refractivity contribution in [1.29, 1.82) is 0 Å². The summed E-state index contributed by atoms with van der Waals surface area (Å²) in [6, 6.07) is 14.2. The molecule has 0 bridgehead atoms. The minimum absolute atomic E-state index is 0.105. The summed E-state index contributed by atoms with van der Waals surface area (Å²) in [6.07, 6.45) is 7.31. The zero-order valence-electron chi connectivity index (χ0n) is 16.0. The largest absolute Gasteiger partial charge is 0.452 e. The molecule has 28 heavy (non-hydrogen) atoms. The van der Waals surface area contributed by atoms with E-state index in [4.69, 9.17) is 4.74 Å². The molecule has 1 saturated carbocycles. The lowest BCUT2D eigenvalue weighted by Crippen LogP contribution is -2.27. The van der Waals surface area contributed by atoms with E-state index in [-0.39, 0.29) is 5.91 Å². The number of carbonyl (C=O) groups excluding carboxylic acids is 1. The van der Waals surface area contributed by atoms with Gasteiger partial charge in [-0.25, -0.2) is 0 Å². The first kappa shape index (κ1) is 17.0. The first-order valence-corrected chi connectivity index (χ1v) is 9.98. The van der Waals surface area contributed by atoms with Crippen LogP contribution in [0.25, 0.3) is 10.9 Å². The highest BCUT2D eigenvalue weighted by Crippen LogP contribution is 2.40. The standard InChI is InChI=1S/C23H23N3O2/c1-2-12-26-21-10-7-19(14-18(21)15-24-26)25-13-11-22(23(25)27)28-20-8-5-17(6-9-20)16-3-4-16/h5-11,14-16H,2-4,12-13H2,1H3. The van der Waals surface area contributed by atoms with Crippen molar-refractivity contribution in [3.05, 3.63) is 66.1 Å². The Morgan fingerprint density at radius 3 is 2.71 bits per heavy atom. The second-order valence-corrected chi connectivity index (χ2v) is 7.54. The monoisotopic (exact) mass is 373 g/mol. The molecule has 1 aliphatic carbocycles. The third kappa shape index (κ3) is 3.07. The molecule has 1 aliphatic heterocycles. The number of benzene rings is 2. The number of fused-ring (bicyclic) bond motifs is 1. The van der Waals surface area contributed by atoms with E-state index in [0.717, 1.165) is 29.6 Å². The van der Waals surface area contributed by atoms with Gasteiger partial charge in [0.2, 0.25) is 0 Å². The van der Waals surface area contributed by atoms with Crippen molar-refractivity contribution >= 4 is 22.5 Å². The van der Waals surface area contributed by atoms with Crippen molar-refractivity contribution in [2.24, 2.45) is 0 Å². The lowest BCUT2D eigenvalue weighted by atomic mass is 10.1. The number of amides is 1. The van der Waals surface area contributed by atoms with Gasteiger partial charge in [-0.3, -0.25) is 9.48 Å². The molecule has 142 valence electrons. The average Bonchev–Trinajstić information content (AvgIpc) is 3.40. The van der Waals surface area contributed by atoms with Crippen LogP contribution in [-0.2, 0) is 11.3 Å². The molecule has 2 aromatic carbocycles. The van der Waals surface area contributed by atoms with Gasteiger partial charge in [0.05, 0.1) is 11.7 Å². The average molecular weight is 373 g/mol. The SMILES string of the molecule is CCCn1ncc2cc(N3CC=C(Oc4ccc(C5CC5)cc4)C3=O)ccc21. The van der Waals surface area contributed by atoms with E-state index in [1.165, 1.54) is 18.4 Å².